The molecule has 1 aromatic rings. The molecule has 8 nitrogen and oxygen atoms in total. The van der Waals surface area contributed by atoms with Crippen molar-refractivity contribution in [2.45, 2.75) is 45.4 Å². The van der Waals surface area contributed by atoms with Crippen molar-refractivity contribution in [1.29, 1.82) is 0 Å². The average Bonchev–Trinajstić information content (AvgIpc) is 2.74. The molecule has 1 amide bonds. The summed E-state index contributed by atoms with van der Waals surface area (Å²) in [7, 11) is 1.46. The van der Waals surface area contributed by atoms with Gasteiger partial charge in [-0.3, -0.25) is 10.1 Å². The summed E-state index contributed by atoms with van der Waals surface area (Å²) in [5, 5.41) is 11.1. The second-order valence-electron chi connectivity index (χ2n) is 8.06. The van der Waals surface area contributed by atoms with Gasteiger partial charge in [-0.25, -0.2) is 4.79 Å². The van der Waals surface area contributed by atoms with Crippen LogP contribution in [-0.2, 0) is 4.74 Å². The molecule has 0 N–H and O–H groups in total. The number of nitro groups is 1. The molecule has 3 rings (SSSR count). The molecule has 29 heavy (non-hydrogen) atoms. The quantitative estimate of drug-likeness (QED) is 0.400. The van der Waals surface area contributed by atoms with Crippen LogP contribution in [0.15, 0.2) is 18.2 Å². The standard InChI is InChI=1S/C21H31N3O5/c1-3-4-15-29-20(25)23-13-9-21(10-14-23)7-11-22(12-8-21)17-5-6-18(24(26)27)19(16-17)28-2/h5-6,16H,3-4,7-15H2,1-2H3. The maximum Gasteiger partial charge on any atom is 0.409 e. The first-order chi connectivity index (χ1) is 14.0. The van der Waals surface area contributed by atoms with Crippen LogP contribution < -0.4 is 9.64 Å². The molecule has 2 saturated heterocycles. The fourth-order valence-corrected chi connectivity index (χ4v) is 4.31. The number of likely N-dealkylation sites (tertiary alicyclic amines) is 1. The van der Waals surface area contributed by atoms with E-state index in [1.54, 1.807) is 12.1 Å². The lowest BCUT2D eigenvalue weighted by Gasteiger charge is -2.47. The van der Waals surface area contributed by atoms with Crippen molar-refractivity contribution in [3.8, 4) is 5.75 Å². The van der Waals surface area contributed by atoms with Crippen LogP contribution in [0.3, 0.4) is 0 Å². The van der Waals surface area contributed by atoms with Gasteiger partial charge < -0.3 is 19.3 Å². The smallest absolute Gasteiger partial charge is 0.409 e. The number of amides is 1. The molecule has 1 aromatic carbocycles. The molecule has 0 aliphatic carbocycles. The number of rotatable bonds is 6. The van der Waals surface area contributed by atoms with E-state index in [2.05, 4.69) is 11.8 Å². The third kappa shape index (κ3) is 4.92. The normalized spacial score (nSPS) is 18.6. The van der Waals surface area contributed by atoms with Crippen molar-refractivity contribution < 1.29 is 19.2 Å². The highest BCUT2D eigenvalue weighted by Gasteiger charge is 2.39. The van der Waals surface area contributed by atoms with Crippen LogP contribution in [0.4, 0.5) is 16.2 Å². The average molecular weight is 405 g/mol. The first-order valence-corrected chi connectivity index (χ1v) is 10.5. The van der Waals surface area contributed by atoms with Gasteiger partial charge in [-0.2, -0.15) is 0 Å². The van der Waals surface area contributed by atoms with Crippen molar-refractivity contribution >= 4 is 17.5 Å². The van der Waals surface area contributed by atoms with Crippen molar-refractivity contribution in [3.05, 3.63) is 28.3 Å². The minimum atomic E-state index is -0.422. The lowest BCUT2D eigenvalue weighted by molar-refractivity contribution is -0.385. The summed E-state index contributed by atoms with van der Waals surface area (Å²) in [6, 6.07) is 5.07. The molecule has 0 unspecified atom stereocenters. The highest BCUT2D eigenvalue weighted by atomic mass is 16.6. The Hall–Kier alpha value is -2.51. The zero-order valence-electron chi connectivity index (χ0n) is 17.4. The number of piperidine rings is 2. The van der Waals surface area contributed by atoms with Gasteiger partial charge in [0.2, 0.25) is 0 Å². The summed E-state index contributed by atoms with van der Waals surface area (Å²) in [4.78, 5) is 26.9. The van der Waals surface area contributed by atoms with E-state index in [4.69, 9.17) is 9.47 Å². The molecule has 0 radical (unpaired) electrons. The number of ether oxygens (including phenoxy) is 2. The fraction of sp³-hybridized carbons (Fsp3) is 0.667. The van der Waals surface area contributed by atoms with E-state index in [1.807, 2.05) is 4.90 Å². The van der Waals surface area contributed by atoms with Crippen LogP contribution in [-0.4, -0.2) is 55.8 Å². The monoisotopic (exact) mass is 405 g/mol. The lowest BCUT2D eigenvalue weighted by atomic mass is 9.71. The van der Waals surface area contributed by atoms with Crippen molar-refractivity contribution in [1.82, 2.24) is 4.90 Å². The number of hydrogen-bond acceptors (Lipinski definition) is 6. The van der Waals surface area contributed by atoms with Crippen LogP contribution >= 0.6 is 0 Å². The number of benzene rings is 1. The van der Waals surface area contributed by atoms with Crippen LogP contribution in [0.1, 0.15) is 45.4 Å². The number of nitrogens with zero attached hydrogens (tertiary/aromatic N) is 3. The molecule has 0 bridgehead atoms. The summed E-state index contributed by atoms with van der Waals surface area (Å²) in [6.45, 7) is 5.92. The third-order valence-electron chi connectivity index (χ3n) is 6.35. The number of methoxy groups -OCH3 is 1. The van der Waals surface area contributed by atoms with E-state index in [9.17, 15) is 14.9 Å². The Kier molecular flexibility index (Phi) is 6.82. The van der Waals surface area contributed by atoms with Crippen molar-refractivity contribution in [2.24, 2.45) is 5.41 Å². The zero-order chi connectivity index (χ0) is 20.9. The van der Waals surface area contributed by atoms with Crippen LogP contribution in [0.2, 0.25) is 0 Å². The van der Waals surface area contributed by atoms with Gasteiger partial charge in [0.1, 0.15) is 0 Å². The molecule has 8 heteroatoms. The second-order valence-corrected chi connectivity index (χ2v) is 8.06. The number of carbonyl (C=O) groups excluding carboxylic acids is 1. The van der Waals surface area contributed by atoms with Gasteiger partial charge in [0.05, 0.1) is 18.6 Å². The Morgan fingerprint density at radius 3 is 2.41 bits per heavy atom. The van der Waals surface area contributed by atoms with Crippen LogP contribution in [0.25, 0.3) is 0 Å². The van der Waals surface area contributed by atoms with Gasteiger partial charge in [0.25, 0.3) is 0 Å². The molecule has 0 aromatic heterocycles. The van der Waals surface area contributed by atoms with Gasteiger partial charge in [-0.15, -0.1) is 0 Å². The van der Waals surface area contributed by atoms with E-state index in [0.717, 1.165) is 70.4 Å². The van der Waals surface area contributed by atoms with Gasteiger partial charge in [-0.05, 0) is 43.6 Å². The molecular weight excluding hydrogens is 374 g/mol. The predicted octanol–water partition coefficient (Wildman–Crippen LogP) is 4.22. The van der Waals surface area contributed by atoms with E-state index in [0.29, 0.717) is 12.4 Å². The van der Waals surface area contributed by atoms with Crippen LogP contribution in [0.5, 0.6) is 5.75 Å². The molecule has 0 atom stereocenters. The summed E-state index contributed by atoms with van der Waals surface area (Å²) in [6.07, 6.45) is 5.89. The highest BCUT2D eigenvalue weighted by molar-refractivity contribution is 5.67. The molecule has 0 saturated carbocycles. The minimum absolute atomic E-state index is 0.0112. The number of anilines is 1. The highest BCUT2D eigenvalue weighted by Crippen LogP contribution is 2.43. The van der Waals surface area contributed by atoms with E-state index in [-0.39, 0.29) is 17.2 Å². The Labute approximate surface area is 171 Å². The molecule has 160 valence electrons. The Morgan fingerprint density at radius 1 is 1.17 bits per heavy atom. The topological polar surface area (TPSA) is 85.2 Å². The molecular formula is C21H31N3O5. The van der Waals surface area contributed by atoms with E-state index < -0.39 is 4.92 Å². The van der Waals surface area contributed by atoms with E-state index in [1.165, 1.54) is 13.2 Å². The number of hydrogen-bond donors (Lipinski definition) is 0. The summed E-state index contributed by atoms with van der Waals surface area (Å²) in [5.41, 5.74) is 1.23. The molecule has 2 fully saturated rings. The summed E-state index contributed by atoms with van der Waals surface area (Å²) < 4.78 is 10.5. The Morgan fingerprint density at radius 2 is 1.83 bits per heavy atom. The van der Waals surface area contributed by atoms with Gasteiger partial charge in [0, 0.05) is 44.0 Å². The third-order valence-corrected chi connectivity index (χ3v) is 6.35. The summed E-state index contributed by atoms with van der Waals surface area (Å²) in [5.74, 6) is 0.294. The summed E-state index contributed by atoms with van der Waals surface area (Å²) >= 11 is 0. The van der Waals surface area contributed by atoms with Crippen molar-refractivity contribution in [2.75, 3.05) is 44.8 Å². The first kappa shape index (κ1) is 21.2. The molecule has 2 aliphatic heterocycles. The maximum atomic E-state index is 12.2. The largest absolute Gasteiger partial charge is 0.490 e. The number of unbranched alkanes of at least 4 members (excludes halogenated alkanes) is 1. The molecule has 2 aliphatic rings. The van der Waals surface area contributed by atoms with Gasteiger partial charge in [-0.1, -0.05) is 13.3 Å². The maximum absolute atomic E-state index is 12.2. The second kappa shape index (κ2) is 9.33. The number of carbonyl (C=O) groups is 1. The van der Waals surface area contributed by atoms with Gasteiger partial charge >= 0.3 is 11.8 Å². The minimum Gasteiger partial charge on any atom is -0.490 e. The van der Waals surface area contributed by atoms with Crippen molar-refractivity contribution in [3.63, 3.8) is 0 Å². The lowest BCUT2D eigenvalue weighted by Crippen LogP contribution is -2.48. The fourth-order valence-electron chi connectivity index (χ4n) is 4.31. The molecule has 1 spiro atoms. The predicted molar refractivity (Wildman–Crippen MR) is 111 cm³/mol. The Bertz CT molecular complexity index is 721. The SMILES string of the molecule is CCCCOC(=O)N1CCC2(CC1)CCN(c1ccc([N+](=O)[O-])c(OC)c1)CC2. The Balaban J connectivity index is 1.53. The number of nitro benzene ring substituents is 1. The van der Waals surface area contributed by atoms with E-state index >= 15 is 0 Å². The first-order valence-electron chi connectivity index (χ1n) is 10.5. The zero-order valence-corrected chi connectivity index (χ0v) is 17.4. The molecule has 2 heterocycles. The van der Waals surface area contributed by atoms with Crippen LogP contribution in [0, 0.1) is 15.5 Å². The van der Waals surface area contributed by atoms with Gasteiger partial charge in [0.15, 0.2) is 5.75 Å².